The summed E-state index contributed by atoms with van der Waals surface area (Å²) in [7, 11) is 0. The smallest absolute Gasteiger partial charge is 0.128 e. The monoisotopic (exact) mass is 265 g/mol. The van der Waals surface area contributed by atoms with Gasteiger partial charge in [0.2, 0.25) is 0 Å². The van der Waals surface area contributed by atoms with E-state index in [1.165, 1.54) is 0 Å². The van der Waals surface area contributed by atoms with Gasteiger partial charge in [-0.15, -0.1) is 0 Å². The van der Waals surface area contributed by atoms with Crippen LogP contribution in [-0.4, -0.2) is 9.78 Å². The van der Waals surface area contributed by atoms with Crippen LogP contribution < -0.4 is 10.5 Å². The topological polar surface area (TPSA) is 53.1 Å². The summed E-state index contributed by atoms with van der Waals surface area (Å²) in [5.41, 5.74) is 6.87. The molecule has 2 N–H and O–H groups in total. The lowest BCUT2D eigenvalue weighted by molar-refractivity contribution is 0.307. The molecule has 0 unspecified atom stereocenters. The van der Waals surface area contributed by atoms with E-state index in [0.29, 0.717) is 17.4 Å². The Bertz CT molecular complexity index is 537. The lowest BCUT2D eigenvalue weighted by Crippen LogP contribution is -2.08. The first-order valence-electron chi connectivity index (χ1n) is 5.78. The maximum atomic E-state index is 5.99. The average Bonchev–Trinajstić information content (AvgIpc) is 2.68. The number of ether oxygens (including phenoxy) is 1. The van der Waals surface area contributed by atoms with Gasteiger partial charge in [0.05, 0.1) is 11.8 Å². The summed E-state index contributed by atoms with van der Waals surface area (Å²) < 4.78 is 7.40. The minimum Gasteiger partial charge on any atom is -0.489 e. The highest BCUT2D eigenvalue weighted by molar-refractivity contribution is 6.30. The lowest BCUT2D eigenvalue weighted by atomic mass is 10.3. The Labute approximate surface area is 111 Å². The largest absolute Gasteiger partial charge is 0.489 e. The molecule has 5 heteroatoms. The first-order valence-corrected chi connectivity index (χ1v) is 6.16. The van der Waals surface area contributed by atoms with Crippen molar-refractivity contribution in [2.45, 2.75) is 26.5 Å². The first-order chi connectivity index (χ1) is 8.58. The van der Waals surface area contributed by atoms with E-state index in [-0.39, 0.29) is 6.04 Å². The van der Waals surface area contributed by atoms with Crippen molar-refractivity contribution in [3.8, 4) is 5.75 Å². The second kappa shape index (κ2) is 5.31. The van der Waals surface area contributed by atoms with Crippen molar-refractivity contribution in [1.29, 1.82) is 0 Å². The maximum absolute atomic E-state index is 5.99. The van der Waals surface area contributed by atoms with Crippen LogP contribution in [0, 0.1) is 0 Å². The summed E-state index contributed by atoms with van der Waals surface area (Å²) in [6, 6.07) is 7.52. The van der Waals surface area contributed by atoms with Crippen molar-refractivity contribution in [2.24, 2.45) is 0 Å². The fraction of sp³-hybridized carbons (Fsp3) is 0.308. The highest BCUT2D eigenvalue weighted by Gasteiger charge is 2.10. The number of nitrogens with zero attached hydrogens (tertiary/aromatic N) is 2. The average molecular weight is 266 g/mol. The van der Waals surface area contributed by atoms with Crippen LogP contribution in [-0.2, 0) is 6.61 Å². The number of anilines is 1. The molecular formula is C13H16ClN3O. The molecule has 1 heterocycles. The van der Waals surface area contributed by atoms with Crippen LogP contribution in [0.2, 0.25) is 5.02 Å². The molecule has 0 aliphatic carbocycles. The Hall–Kier alpha value is -1.68. The summed E-state index contributed by atoms with van der Waals surface area (Å²) in [5.74, 6) is 1.37. The number of nitrogen functional groups attached to an aromatic ring is 1. The lowest BCUT2D eigenvalue weighted by Gasteiger charge is -2.09. The maximum Gasteiger partial charge on any atom is 0.128 e. The van der Waals surface area contributed by atoms with E-state index in [4.69, 9.17) is 22.1 Å². The molecular weight excluding hydrogens is 250 g/mol. The fourth-order valence-electron chi connectivity index (χ4n) is 1.65. The zero-order chi connectivity index (χ0) is 13.1. The number of hydrogen-bond donors (Lipinski definition) is 1. The van der Waals surface area contributed by atoms with E-state index in [2.05, 4.69) is 5.10 Å². The van der Waals surface area contributed by atoms with Crippen molar-refractivity contribution in [2.75, 3.05) is 5.73 Å². The van der Waals surface area contributed by atoms with Gasteiger partial charge >= 0.3 is 0 Å². The summed E-state index contributed by atoms with van der Waals surface area (Å²) in [6.45, 7) is 4.45. The van der Waals surface area contributed by atoms with Gasteiger partial charge in [-0.05, 0) is 32.0 Å². The zero-order valence-electron chi connectivity index (χ0n) is 10.4. The van der Waals surface area contributed by atoms with Crippen LogP contribution in [0.5, 0.6) is 5.75 Å². The van der Waals surface area contributed by atoms with E-state index in [0.717, 1.165) is 11.3 Å². The predicted octanol–water partition coefficient (Wildman–Crippen LogP) is 3.28. The number of hydrogen-bond acceptors (Lipinski definition) is 3. The highest BCUT2D eigenvalue weighted by Crippen LogP contribution is 2.21. The fourth-order valence-corrected chi connectivity index (χ4v) is 1.83. The predicted molar refractivity (Wildman–Crippen MR) is 72.8 cm³/mol. The molecule has 0 radical (unpaired) electrons. The third-order valence-electron chi connectivity index (χ3n) is 2.59. The molecule has 0 saturated heterocycles. The summed E-state index contributed by atoms with van der Waals surface area (Å²) in [5, 5.41) is 4.88. The van der Waals surface area contributed by atoms with Gasteiger partial charge in [-0.1, -0.05) is 17.7 Å². The van der Waals surface area contributed by atoms with E-state index < -0.39 is 0 Å². The van der Waals surface area contributed by atoms with Crippen LogP contribution in [0.3, 0.4) is 0 Å². The summed E-state index contributed by atoms with van der Waals surface area (Å²) in [4.78, 5) is 0. The molecule has 0 saturated carbocycles. The molecule has 0 amide bonds. The number of aromatic nitrogens is 2. The molecule has 96 valence electrons. The van der Waals surface area contributed by atoms with Crippen LogP contribution in [0.25, 0.3) is 0 Å². The minimum atomic E-state index is 0.241. The molecule has 18 heavy (non-hydrogen) atoms. The van der Waals surface area contributed by atoms with Gasteiger partial charge in [-0.2, -0.15) is 5.10 Å². The third kappa shape index (κ3) is 2.76. The normalized spacial score (nSPS) is 10.9. The molecule has 0 spiro atoms. The molecule has 0 aliphatic rings. The SMILES string of the molecule is CC(C)n1ncc(COc2cccc(Cl)c2)c1N. The Morgan fingerprint density at radius 1 is 1.44 bits per heavy atom. The molecule has 0 atom stereocenters. The molecule has 0 fully saturated rings. The molecule has 0 aliphatic heterocycles. The Morgan fingerprint density at radius 3 is 2.83 bits per heavy atom. The van der Waals surface area contributed by atoms with Gasteiger partial charge in [-0.3, -0.25) is 0 Å². The summed E-state index contributed by atoms with van der Waals surface area (Å²) >= 11 is 5.88. The highest BCUT2D eigenvalue weighted by atomic mass is 35.5. The van der Waals surface area contributed by atoms with Gasteiger partial charge in [0.1, 0.15) is 18.2 Å². The van der Waals surface area contributed by atoms with Crippen molar-refractivity contribution in [3.63, 3.8) is 0 Å². The Kier molecular flexibility index (Phi) is 3.77. The van der Waals surface area contributed by atoms with Gasteiger partial charge in [0.25, 0.3) is 0 Å². The van der Waals surface area contributed by atoms with Crippen molar-refractivity contribution in [1.82, 2.24) is 9.78 Å². The van der Waals surface area contributed by atoms with Crippen LogP contribution in [0.1, 0.15) is 25.5 Å². The molecule has 4 nitrogen and oxygen atoms in total. The molecule has 2 rings (SSSR count). The third-order valence-corrected chi connectivity index (χ3v) is 2.83. The van der Waals surface area contributed by atoms with Crippen molar-refractivity contribution < 1.29 is 4.74 Å². The van der Waals surface area contributed by atoms with Crippen molar-refractivity contribution in [3.05, 3.63) is 41.0 Å². The van der Waals surface area contributed by atoms with Crippen molar-refractivity contribution >= 4 is 17.4 Å². The minimum absolute atomic E-state index is 0.241. The van der Waals surface area contributed by atoms with Gasteiger partial charge in [0, 0.05) is 11.1 Å². The zero-order valence-corrected chi connectivity index (χ0v) is 11.2. The Balaban J connectivity index is 2.07. The number of nitrogens with two attached hydrogens (primary N) is 1. The van der Waals surface area contributed by atoms with Gasteiger partial charge in [0.15, 0.2) is 0 Å². The van der Waals surface area contributed by atoms with Gasteiger partial charge < -0.3 is 10.5 Å². The van der Waals surface area contributed by atoms with E-state index in [1.807, 2.05) is 26.0 Å². The second-order valence-corrected chi connectivity index (χ2v) is 4.78. The number of rotatable bonds is 4. The summed E-state index contributed by atoms with van der Waals surface area (Å²) in [6.07, 6.45) is 1.74. The Morgan fingerprint density at radius 2 is 2.22 bits per heavy atom. The standard InChI is InChI=1S/C13H16ClN3O/c1-9(2)17-13(15)10(7-16-17)8-18-12-5-3-4-11(14)6-12/h3-7,9H,8,15H2,1-2H3. The molecule has 2 aromatic rings. The van der Waals surface area contributed by atoms with Crippen LogP contribution in [0.15, 0.2) is 30.5 Å². The first kappa shape index (κ1) is 12.8. The quantitative estimate of drug-likeness (QED) is 0.923. The molecule has 1 aromatic carbocycles. The number of benzene rings is 1. The van der Waals surface area contributed by atoms with E-state index >= 15 is 0 Å². The van der Waals surface area contributed by atoms with Crippen LogP contribution in [0.4, 0.5) is 5.82 Å². The molecule has 1 aromatic heterocycles. The number of halogens is 1. The van der Waals surface area contributed by atoms with E-state index in [1.54, 1.807) is 23.0 Å². The van der Waals surface area contributed by atoms with Gasteiger partial charge in [-0.25, -0.2) is 4.68 Å². The second-order valence-electron chi connectivity index (χ2n) is 4.34. The molecule has 0 bridgehead atoms. The van der Waals surface area contributed by atoms with Crippen LogP contribution >= 0.6 is 11.6 Å². The van der Waals surface area contributed by atoms with E-state index in [9.17, 15) is 0 Å².